The number of rotatable bonds is 0. The maximum absolute atomic E-state index is 4.25. The largest absolute Gasteiger partial charge is 0.364 e. The molecule has 0 saturated heterocycles. The van der Waals surface area contributed by atoms with Gasteiger partial charge in [0.2, 0.25) is 0 Å². The van der Waals surface area contributed by atoms with Gasteiger partial charge in [-0.2, -0.15) is 0 Å². The summed E-state index contributed by atoms with van der Waals surface area (Å²) in [5, 5.41) is 0. The summed E-state index contributed by atoms with van der Waals surface area (Å²) in [5.74, 6) is 1.18. The molecule has 0 aromatic heterocycles. The predicted octanol–water partition coefficient (Wildman–Crippen LogP) is 1.16. The number of amidine groups is 1. The molecule has 0 atom stereocenters. The van der Waals surface area contributed by atoms with Crippen molar-refractivity contribution < 1.29 is 0 Å². The van der Waals surface area contributed by atoms with Crippen LogP contribution in [0.15, 0.2) is 4.99 Å². The Labute approximate surface area is 62.4 Å². The van der Waals surface area contributed by atoms with E-state index in [-0.39, 0.29) is 12.4 Å². The smallest absolute Gasteiger partial charge is 0.0954 e. The van der Waals surface area contributed by atoms with Gasteiger partial charge < -0.3 is 4.90 Å². The average Bonchev–Trinajstić information content (AvgIpc) is 1.77. The van der Waals surface area contributed by atoms with Crippen LogP contribution in [0.4, 0.5) is 0 Å². The summed E-state index contributed by atoms with van der Waals surface area (Å²) >= 11 is 0. The molecule has 54 valence electrons. The Morgan fingerprint density at radius 3 is 2.56 bits per heavy atom. The average molecular weight is 149 g/mol. The van der Waals surface area contributed by atoms with E-state index in [9.17, 15) is 0 Å². The Morgan fingerprint density at radius 2 is 2.22 bits per heavy atom. The van der Waals surface area contributed by atoms with Gasteiger partial charge in [-0.1, -0.05) is 0 Å². The molecular formula is C6H13ClN2. The third kappa shape index (κ3) is 2.22. The van der Waals surface area contributed by atoms with Crippen LogP contribution in [0.2, 0.25) is 0 Å². The van der Waals surface area contributed by atoms with Gasteiger partial charge in [0.25, 0.3) is 0 Å². The normalized spacial score (nSPS) is 18.4. The standard InChI is InChI=1S/C6H12N2.ClH/c1-6-7-4-3-5-8(6)2;/h3-5H2,1-2H3;1H. The lowest BCUT2D eigenvalue weighted by atomic mass is 10.3. The first-order valence-electron chi connectivity index (χ1n) is 3.03. The molecule has 0 aliphatic carbocycles. The van der Waals surface area contributed by atoms with Crippen molar-refractivity contribution in [2.45, 2.75) is 13.3 Å². The molecule has 1 aliphatic heterocycles. The second-order valence-corrected chi connectivity index (χ2v) is 2.20. The molecule has 0 radical (unpaired) electrons. The van der Waals surface area contributed by atoms with E-state index in [4.69, 9.17) is 0 Å². The molecule has 0 aromatic carbocycles. The van der Waals surface area contributed by atoms with Crippen LogP contribution in [0.3, 0.4) is 0 Å². The first-order valence-corrected chi connectivity index (χ1v) is 3.03. The number of hydrogen-bond acceptors (Lipinski definition) is 2. The summed E-state index contributed by atoms with van der Waals surface area (Å²) in [4.78, 5) is 6.44. The monoisotopic (exact) mass is 148 g/mol. The molecule has 1 aliphatic rings. The van der Waals surface area contributed by atoms with E-state index in [1.807, 2.05) is 0 Å². The summed E-state index contributed by atoms with van der Waals surface area (Å²) in [6.45, 7) is 4.25. The van der Waals surface area contributed by atoms with Crippen LogP contribution in [-0.4, -0.2) is 30.9 Å². The molecular weight excluding hydrogens is 136 g/mol. The van der Waals surface area contributed by atoms with Crippen molar-refractivity contribution >= 4 is 18.2 Å². The molecule has 9 heavy (non-hydrogen) atoms. The molecule has 0 fully saturated rings. The van der Waals surface area contributed by atoms with Crippen LogP contribution in [0.25, 0.3) is 0 Å². The van der Waals surface area contributed by atoms with Crippen molar-refractivity contribution in [3.63, 3.8) is 0 Å². The van der Waals surface area contributed by atoms with Crippen molar-refractivity contribution in [3.05, 3.63) is 0 Å². The van der Waals surface area contributed by atoms with Crippen molar-refractivity contribution in [2.24, 2.45) is 4.99 Å². The number of aliphatic imine (C=N–C) groups is 1. The fourth-order valence-corrected chi connectivity index (χ4v) is 0.831. The summed E-state index contributed by atoms with van der Waals surface area (Å²) in [5.41, 5.74) is 0. The van der Waals surface area contributed by atoms with E-state index in [1.54, 1.807) is 0 Å². The molecule has 2 nitrogen and oxygen atoms in total. The second-order valence-electron chi connectivity index (χ2n) is 2.20. The lowest BCUT2D eigenvalue weighted by Gasteiger charge is -2.21. The molecule has 0 unspecified atom stereocenters. The van der Waals surface area contributed by atoms with Gasteiger partial charge in [-0.05, 0) is 13.3 Å². The van der Waals surface area contributed by atoms with Crippen LogP contribution in [0.5, 0.6) is 0 Å². The van der Waals surface area contributed by atoms with Crippen LogP contribution in [-0.2, 0) is 0 Å². The van der Waals surface area contributed by atoms with Crippen molar-refractivity contribution in [3.8, 4) is 0 Å². The Hall–Kier alpha value is -0.240. The van der Waals surface area contributed by atoms with Gasteiger partial charge in [-0.25, -0.2) is 0 Å². The highest BCUT2D eigenvalue weighted by Gasteiger charge is 2.03. The van der Waals surface area contributed by atoms with Gasteiger partial charge in [-0.3, -0.25) is 4.99 Å². The zero-order chi connectivity index (χ0) is 5.98. The maximum Gasteiger partial charge on any atom is 0.0954 e. The Balaban J connectivity index is 0.000000640. The summed E-state index contributed by atoms with van der Waals surface area (Å²) in [7, 11) is 2.08. The molecule has 0 spiro atoms. The van der Waals surface area contributed by atoms with Gasteiger partial charge >= 0.3 is 0 Å². The second kappa shape index (κ2) is 3.72. The Kier molecular flexibility index (Phi) is 3.62. The minimum atomic E-state index is 0. The molecule has 1 heterocycles. The maximum atomic E-state index is 4.25. The molecule has 0 N–H and O–H groups in total. The van der Waals surface area contributed by atoms with Gasteiger partial charge in [0.05, 0.1) is 5.84 Å². The first-order chi connectivity index (χ1) is 3.80. The van der Waals surface area contributed by atoms with E-state index in [1.165, 1.54) is 18.8 Å². The third-order valence-corrected chi connectivity index (χ3v) is 1.54. The van der Waals surface area contributed by atoms with E-state index in [2.05, 4.69) is 23.9 Å². The highest BCUT2D eigenvalue weighted by atomic mass is 35.5. The van der Waals surface area contributed by atoms with Crippen molar-refractivity contribution in [1.82, 2.24) is 4.90 Å². The fraction of sp³-hybridized carbons (Fsp3) is 0.833. The topological polar surface area (TPSA) is 15.6 Å². The highest BCUT2D eigenvalue weighted by molar-refractivity contribution is 5.85. The molecule has 0 saturated carbocycles. The number of hydrogen-bond donors (Lipinski definition) is 0. The van der Waals surface area contributed by atoms with Gasteiger partial charge in [0, 0.05) is 20.1 Å². The van der Waals surface area contributed by atoms with Gasteiger partial charge in [0.1, 0.15) is 0 Å². The van der Waals surface area contributed by atoms with Gasteiger partial charge in [0.15, 0.2) is 0 Å². The lowest BCUT2D eigenvalue weighted by molar-refractivity contribution is 0.464. The molecule has 1 rings (SSSR count). The van der Waals surface area contributed by atoms with Crippen LogP contribution >= 0.6 is 12.4 Å². The van der Waals surface area contributed by atoms with E-state index in [0.717, 1.165) is 6.54 Å². The summed E-state index contributed by atoms with van der Waals surface area (Å²) in [6.07, 6.45) is 1.22. The number of halogens is 1. The third-order valence-electron chi connectivity index (χ3n) is 1.54. The fourth-order valence-electron chi connectivity index (χ4n) is 0.831. The molecule has 3 heteroatoms. The Morgan fingerprint density at radius 1 is 1.56 bits per heavy atom. The van der Waals surface area contributed by atoms with Crippen molar-refractivity contribution in [1.29, 1.82) is 0 Å². The summed E-state index contributed by atoms with van der Waals surface area (Å²) in [6, 6.07) is 0. The predicted molar refractivity (Wildman–Crippen MR) is 42.5 cm³/mol. The zero-order valence-corrected chi connectivity index (χ0v) is 6.74. The highest BCUT2D eigenvalue weighted by Crippen LogP contribution is 1.97. The molecule has 0 amide bonds. The SMILES string of the molecule is CC1=NCCCN1C.Cl. The van der Waals surface area contributed by atoms with E-state index < -0.39 is 0 Å². The summed E-state index contributed by atoms with van der Waals surface area (Å²) < 4.78 is 0. The van der Waals surface area contributed by atoms with E-state index in [0.29, 0.717) is 0 Å². The number of nitrogens with zero attached hydrogens (tertiary/aromatic N) is 2. The Bertz CT molecular complexity index is 112. The molecule has 0 aromatic rings. The van der Waals surface area contributed by atoms with Crippen LogP contribution in [0.1, 0.15) is 13.3 Å². The first kappa shape index (κ1) is 8.76. The lowest BCUT2D eigenvalue weighted by Crippen LogP contribution is -2.29. The van der Waals surface area contributed by atoms with Gasteiger partial charge in [-0.15, -0.1) is 12.4 Å². The zero-order valence-electron chi connectivity index (χ0n) is 5.92. The van der Waals surface area contributed by atoms with Crippen LogP contribution < -0.4 is 0 Å². The minimum absolute atomic E-state index is 0. The minimum Gasteiger partial charge on any atom is -0.364 e. The van der Waals surface area contributed by atoms with Crippen molar-refractivity contribution in [2.75, 3.05) is 20.1 Å². The van der Waals surface area contributed by atoms with Crippen LogP contribution in [0, 0.1) is 0 Å². The quantitative estimate of drug-likeness (QED) is 0.504. The van der Waals surface area contributed by atoms with E-state index >= 15 is 0 Å². The molecule has 0 bridgehead atoms.